The summed E-state index contributed by atoms with van der Waals surface area (Å²) in [7, 11) is 0. The molecule has 0 saturated heterocycles. The van der Waals surface area contributed by atoms with Crippen LogP contribution in [0.4, 0.5) is 5.82 Å². The van der Waals surface area contributed by atoms with Gasteiger partial charge in [0.15, 0.2) is 0 Å². The molecular weight excluding hydrogens is 340 g/mol. The highest BCUT2D eigenvalue weighted by molar-refractivity contribution is 6.01. The lowest BCUT2D eigenvalue weighted by Crippen LogP contribution is -2.18. The molecule has 2 aliphatic rings. The molecule has 6 heteroatoms. The largest absolute Gasteiger partial charge is 0.310 e. The van der Waals surface area contributed by atoms with Crippen molar-refractivity contribution in [1.29, 1.82) is 0 Å². The van der Waals surface area contributed by atoms with Gasteiger partial charge >= 0.3 is 0 Å². The molecule has 0 bridgehead atoms. The van der Waals surface area contributed by atoms with E-state index >= 15 is 0 Å². The molecule has 0 aromatic carbocycles. The van der Waals surface area contributed by atoms with Gasteiger partial charge in [0, 0.05) is 30.6 Å². The Balaban J connectivity index is 1.20. The number of anilines is 1. The zero-order valence-corrected chi connectivity index (χ0v) is 15.5. The Morgan fingerprint density at radius 2 is 1.89 bits per heavy atom. The number of aromatic nitrogens is 3. The fourth-order valence-electron chi connectivity index (χ4n) is 4.51. The topological polar surface area (TPSA) is 76.9 Å². The van der Waals surface area contributed by atoms with Crippen LogP contribution in [0.15, 0.2) is 37.1 Å². The van der Waals surface area contributed by atoms with E-state index in [1.54, 1.807) is 29.5 Å². The van der Waals surface area contributed by atoms with E-state index in [0.717, 1.165) is 30.6 Å². The van der Waals surface area contributed by atoms with E-state index in [9.17, 15) is 9.59 Å². The molecule has 1 aliphatic carbocycles. The van der Waals surface area contributed by atoms with Crippen molar-refractivity contribution in [3.8, 4) is 0 Å². The Bertz CT molecular complexity index is 794. The number of imidazole rings is 1. The molecule has 0 radical (unpaired) electrons. The molecule has 1 aliphatic heterocycles. The molecule has 4 rings (SSSR count). The Labute approximate surface area is 159 Å². The molecule has 6 nitrogen and oxygen atoms in total. The molecule has 1 amide bonds. The van der Waals surface area contributed by atoms with Gasteiger partial charge in [0.25, 0.3) is 0 Å². The monoisotopic (exact) mass is 366 g/mol. The number of nitrogens with one attached hydrogen (secondary N) is 1. The van der Waals surface area contributed by atoms with Crippen LogP contribution in [0.2, 0.25) is 0 Å². The normalized spacial score (nSPS) is 24.4. The lowest BCUT2D eigenvalue weighted by Gasteiger charge is -2.29. The summed E-state index contributed by atoms with van der Waals surface area (Å²) in [4.78, 5) is 32.5. The van der Waals surface area contributed by atoms with Gasteiger partial charge < -0.3 is 5.32 Å². The average molecular weight is 366 g/mol. The number of nitrogens with zero attached hydrogens (tertiary/aromatic N) is 3. The van der Waals surface area contributed by atoms with E-state index in [0.29, 0.717) is 18.3 Å². The zero-order valence-electron chi connectivity index (χ0n) is 15.5. The summed E-state index contributed by atoms with van der Waals surface area (Å²) in [6.07, 6.45) is 15.0. The van der Waals surface area contributed by atoms with Crippen LogP contribution in [0, 0.1) is 11.8 Å². The van der Waals surface area contributed by atoms with Crippen LogP contribution in [-0.4, -0.2) is 26.3 Å². The maximum absolute atomic E-state index is 12.2. The van der Waals surface area contributed by atoms with E-state index < -0.39 is 0 Å². The summed E-state index contributed by atoms with van der Waals surface area (Å²) in [5.41, 5.74) is 1.05. The first-order valence-electron chi connectivity index (χ1n) is 9.97. The number of amides is 1. The highest BCUT2D eigenvalue weighted by atomic mass is 16.2. The van der Waals surface area contributed by atoms with Crippen LogP contribution in [0.25, 0.3) is 0 Å². The third kappa shape index (κ3) is 4.10. The predicted octanol–water partition coefficient (Wildman–Crippen LogP) is 4.02. The van der Waals surface area contributed by atoms with Crippen molar-refractivity contribution in [2.45, 2.75) is 57.3 Å². The molecule has 1 fully saturated rings. The number of carbonyl (C=O) groups is 2. The molecule has 27 heavy (non-hydrogen) atoms. The van der Waals surface area contributed by atoms with Crippen LogP contribution < -0.4 is 5.32 Å². The number of fused-ring (bicyclic) bond motifs is 1. The third-order valence-electron chi connectivity index (χ3n) is 6.16. The van der Waals surface area contributed by atoms with Crippen LogP contribution in [0.5, 0.6) is 0 Å². The van der Waals surface area contributed by atoms with E-state index in [2.05, 4.69) is 15.3 Å². The second-order valence-corrected chi connectivity index (χ2v) is 7.85. The van der Waals surface area contributed by atoms with Gasteiger partial charge in [0.1, 0.15) is 12.1 Å². The first kappa shape index (κ1) is 17.9. The molecule has 2 aromatic rings. The molecule has 1 saturated carbocycles. The van der Waals surface area contributed by atoms with Gasteiger partial charge in [0.05, 0.1) is 5.92 Å². The minimum absolute atomic E-state index is 0.0424. The first-order chi connectivity index (χ1) is 13.2. The number of hydrogen-bond donors (Lipinski definition) is 1. The summed E-state index contributed by atoms with van der Waals surface area (Å²) in [5.74, 6) is 2.26. The Kier molecular flexibility index (Phi) is 5.32. The van der Waals surface area contributed by atoms with Crippen LogP contribution in [0.1, 0.15) is 67.6 Å². The average Bonchev–Trinajstić information content (AvgIpc) is 3.33. The molecule has 1 unspecified atom stereocenters. The van der Waals surface area contributed by atoms with E-state index in [1.165, 1.54) is 25.7 Å². The van der Waals surface area contributed by atoms with Crippen molar-refractivity contribution in [2.75, 3.05) is 5.32 Å². The van der Waals surface area contributed by atoms with Gasteiger partial charge in [-0.2, -0.15) is 0 Å². The fraction of sp³-hybridized carbons (Fsp3) is 0.524. The van der Waals surface area contributed by atoms with Crippen molar-refractivity contribution in [3.63, 3.8) is 0 Å². The summed E-state index contributed by atoms with van der Waals surface area (Å²) < 4.78 is 1.57. The molecule has 1 N–H and O–H groups in total. The van der Waals surface area contributed by atoms with Crippen molar-refractivity contribution < 1.29 is 9.59 Å². The molecule has 2 aromatic heterocycles. The maximum atomic E-state index is 12.2. The number of pyridine rings is 1. The lowest BCUT2D eigenvalue weighted by atomic mass is 9.77. The maximum Gasteiger partial charge on any atom is 0.233 e. The highest BCUT2D eigenvalue weighted by Gasteiger charge is 2.32. The SMILES string of the molecule is O=C1Nc2ncccc2C1CCC1CCC(CCC(=O)n2ccnc2)CC1. The number of hydrogen-bond acceptors (Lipinski definition) is 4. The van der Waals surface area contributed by atoms with Gasteiger partial charge in [0.2, 0.25) is 11.8 Å². The number of carbonyl (C=O) groups excluding carboxylic acids is 2. The Morgan fingerprint density at radius 1 is 1.11 bits per heavy atom. The molecule has 1 atom stereocenters. The fourth-order valence-corrected chi connectivity index (χ4v) is 4.51. The summed E-state index contributed by atoms with van der Waals surface area (Å²) >= 11 is 0. The van der Waals surface area contributed by atoms with Gasteiger partial charge in [-0.15, -0.1) is 0 Å². The highest BCUT2D eigenvalue weighted by Crippen LogP contribution is 2.38. The van der Waals surface area contributed by atoms with Crippen molar-refractivity contribution in [1.82, 2.24) is 14.5 Å². The minimum Gasteiger partial charge on any atom is -0.310 e. The summed E-state index contributed by atoms with van der Waals surface area (Å²) in [6, 6.07) is 3.92. The smallest absolute Gasteiger partial charge is 0.233 e. The zero-order chi connectivity index (χ0) is 18.6. The van der Waals surface area contributed by atoms with Crippen molar-refractivity contribution >= 4 is 17.6 Å². The molecule has 142 valence electrons. The first-order valence-corrected chi connectivity index (χ1v) is 9.97. The Morgan fingerprint density at radius 3 is 2.63 bits per heavy atom. The van der Waals surface area contributed by atoms with E-state index in [4.69, 9.17) is 0 Å². The Hall–Kier alpha value is -2.50. The lowest BCUT2D eigenvalue weighted by molar-refractivity contribution is -0.117. The second kappa shape index (κ2) is 8.03. The van der Waals surface area contributed by atoms with Gasteiger partial charge in [-0.1, -0.05) is 31.7 Å². The predicted molar refractivity (Wildman–Crippen MR) is 102 cm³/mol. The van der Waals surface area contributed by atoms with E-state index in [1.807, 2.05) is 12.1 Å². The van der Waals surface area contributed by atoms with Crippen LogP contribution in [-0.2, 0) is 4.79 Å². The van der Waals surface area contributed by atoms with Crippen molar-refractivity contribution in [2.24, 2.45) is 11.8 Å². The minimum atomic E-state index is -0.0424. The van der Waals surface area contributed by atoms with Crippen molar-refractivity contribution in [3.05, 3.63) is 42.6 Å². The van der Waals surface area contributed by atoms with Gasteiger partial charge in [-0.05, 0) is 37.2 Å². The summed E-state index contributed by atoms with van der Waals surface area (Å²) in [5, 5.41) is 2.89. The van der Waals surface area contributed by atoms with Crippen LogP contribution >= 0.6 is 0 Å². The van der Waals surface area contributed by atoms with Gasteiger partial charge in [-0.3, -0.25) is 14.2 Å². The number of rotatable bonds is 6. The van der Waals surface area contributed by atoms with Crippen LogP contribution in [0.3, 0.4) is 0 Å². The van der Waals surface area contributed by atoms with E-state index in [-0.39, 0.29) is 17.7 Å². The second-order valence-electron chi connectivity index (χ2n) is 7.85. The molecule has 3 heterocycles. The third-order valence-corrected chi connectivity index (χ3v) is 6.16. The van der Waals surface area contributed by atoms with Gasteiger partial charge in [-0.25, -0.2) is 9.97 Å². The molecular formula is C21H26N4O2. The summed E-state index contributed by atoms with van der Waals surface area (Å²) in [6.45, 7) is 0. The quantitative estimate of drug-likeness (QED) is 0.838. The molecule has 0 spiro atoms. The standard InChI is InChI=1S/C21H26N4O2/c26-19(25-13-12-22-14-25)10-8-16-5-3-15(4-6-16)7-9-18-17-2-1-11-23-20(17)24-21(18)27/h1-2,11-16,18H,3-10H2,(H,23,24,27).